The fourth-order valence-electron chi connectivity index (χ4n) is 3.51. The van der Waals surface area contributed by atoms with E-state index in [9.17, 15) is 0 Å². The molecular formula is C21H33N3O3S3. The maximum atomic E-state index is 5.48. The summed E-state index contributed by atoms with van der Waals surface area (Å²) in [5, 5.41) is 2.54. The lowest BCUT2D eigenvalue weighted by Crippen LogP contribution is -2.44. The zero-order chi connectivity index (χ0) is 21.1. The minimum atomic E-state index is 0.281. The highest BCUT2D eigenvalue weighted by molar-refractivity contribution is 8.00. The molecule has 0 aromatic carbocycles. The van der Waals surface area contributed by atoms with E-state index in [1.807, 2.05) is 0 Å². The Morgan fingerprint density at radius 1 is 0.567 bits per heavy atom. The van der Waals surface area contributed by atoms with Crippen molar-refractivity contribution in [2.75, 3.05) is 56.9 Å². The van der Waals surface area contributed by atoms with Crippen molar-refractivity contribution in [3.8, 4) is 0 Å². The quantitative estimate of drug-likeness (QED) is 0.412. The first-order valence-electron chi connectivity index (χ1n) is 10.9. The smallest absolute Gasteiger partial charge is 0.192 e. The minimum absolute atomic E-state index is 0.281. The van der Waals surface area contributed by atoms with Crippen LogP contribution in [-0.4, -0.2) is 71.9 Å². The molecule has 9 heteroatoms. The van der Waals surface area contributed by atoms with E-state index in [1.54, 1.807) is 35.3 Å². The van der Waals surface area contributed by atoms with Gasteiger partial charge in [0.2, 0.25) is 0 Å². The second-order valence-corrected chi connectivity index (χ2v) is 11.9. The van der Waals surface area contributed by atoms with E-state index >= 15 is 0 Å². The summed E-state index contributed by atoms with van der Waals surface area (Å²) in [5.41, 5.74) is 0.842. The summed E-state index contributed by atoms with van der Waals surface area (Å²) in [7, 11) is 0. The maximum Gasteiger partial charge on any atom is 0.192 e. The first-order chi connectivity index (χ1) is 14.5. The zero-order valence-electron chi connectivity index (χ0n) is 18.3. The van der Waals surface area contributed by atoms with Crippen LogP contribution in [-0.2, 0) is 14.2 Å². The molecule has 1 aromatic heterocycles. The normalized spacial score (nSPS) is 23.3. The second kappa shape index (κ2) is 9.83. The van der Waals surface area contributed by atoms with Gasteiger partial charge in [-0.25, -0.2) is 0 Å². The minimum Gasteiger partial charge on any atom is -0.380 e. The van der Waals surface area contributed by atoms with Gasteiger partial charge in [0.25, 0.3) is 0 Å². The third kappa shape index (κ3) is 5.12. The summed E-state index contributed by atoms with van der Waals surface area (Å²) in [6.07, 6.45) is 3.39. The average Bonchev–Trinajstić information content (AvgIpc) is 2.66. The van der Waals surface area contributed by atoms with Crippen molar-refractivity contribution in [1.82, 2.24) is 15.0 Å². The van der Waals surface area contributed by atoms with Gasteiger partial charge in [0.1, 0.15) is 0 Å². The number of hydrogen-bond acceptors (Lipinski definition) is 9. The van der Waals surface area contributed by atoms with Crippen LogP contribution in [0.15, 0.2) is 15.5 Å². The average molecular weight is 472 g/mol. The van der Waals surface area contributed by atoms with Gasteiger partial charge in [0.15, 0.2) is 15.5 Å². The first-order valence-corrected chi connectivity index (χ1v) is 13.9. The van der Waals surface area contributed by atoms with Gasteiger partial charge >= 0.3 is 0 Å². The van der Waals surface area contributed by atoms with E-state index in [0.717, 1.165) is 91.6 Å². The maximum absolute atomic E-state index is 5.48. The Hall–Kier alpha value is -0.0600. The predicted octanol–water partition coefficient (Wildman–Crippen LogP) is 4.43. The van der Waals surface area contributed by atoms with Gasteiger partial charge in [-0.05, 0) is 19.3 Å². The summed E-state index contributed by atoms with van der Waals surface area (Å²) in [6.45, 7) is 11.8. The zero-order valence-corrected chi connectivity index (χ0v) is 20.7. The van der Waals surface area contributed by atoms with Gasteiger partial charge in [-0.3, -0.25) is 0 Å². The Bertz CT molecular complexity index is 601. The molecule has 6 nitrogen and oxygen atoms in total. The monoisotopic (exact) mass is 471 g/mol. The van der Waals surface area contributed by atoms with Gasteiger partial charge < -0.3 is 14.2 Å². The van der Waals surface area contributed by atoms with E-state index in [2.05, 4.69) is 20.8 Å². The molecule has 3 aliphatic heterocycles. The highest BCUT2D eigenvalue weighted by Crippen LogP contribution is 2.40. The SMILES string of the molecule is CCC1(CSc2nc(SCC3(CC)COC3)nc(SCC3(CC)COC3)n2)COC1. The van der Waals surface area contributed by atoms with E-state index in [-0.39, 0.29) is 16.2 Å². The Balaban J connectivity index is 1.44. The van der Waals surface area contributed by atoms with Crippen LogP contribution in [0, 0.1) is 16.2 Å². The molecule has 168 valence electrons. The Morgan fingerprint density at radius 2 is 0.833 bits per heavy atom. The van der Waals surface area contributed by atoms with Crippen molar-refractivity contribution >= 4 is 35.3 Å². The van der Waals surface area contributed by atoms with Crippen LogP contribution < -0.4 is 0 Å². The third-order valence-corrected chi connectivity index (χ3v) is 10.4. The fourth-order valence-corrected chi connectivity index (χ4v) is 7.01. The molecule has 0 unspecified atom stereocenters. The lowest BCUT2D eigenvalue weighted by Gasteiger charge is -2.40. The molecule has 4 heterocycles. The number of nitrogens with zero attached hydrogens (tertiary/aromatic N) is 3. The molecule has 4 rings (SSSR count). The number of rotatable bonds is 12. The lowest BCUT2D eigenvalue weighted by atomic mass is 9.86. The molecule has 0 atom stereocenters. The van der Waals surface area contributed by atoms with Crippen molar-refractivity contribution < 1.29 is 14.2 Å². The standard InChI is InChI=1S/C21H33N3O3S3/c1-4-19(7-25-8-19)13-28-16-22-17(29-14-20(5-2)9-26-10-20)24-18(23-16)30-15-21(6-3)11-27-12-21/h4-15H2,1-3H3. The van der Waals surface area contributed by atoms with Crippen molar-refractivity contribution in [2.24, 2.45) is 16.2 Å². The molecule has 1 aromatic rings. The Kier molecular flexibility index (Phi) is 7.57. The summed E-state index contributed by atoms with van der Waals surface area (Å²) in [5.74, 6) is 3.00. The molecule has 3 fully saturated rings. The molecule has 0 amide bonds. The van der Waals surface area contributed by atoms with E-state index < -0.39 is 0 Å². The van der Waals surface area contributed by atoms with E-state index in [0.29, 0.717) is 0 Å². The topological polar surface area (TPSA) is 66.4 Å². The molecule has 3 aliphatic rings. The summed E-state index contributed by atoms with van der Waals surface area (Å²) >= 11 is 5.27. The number of ether oxygens (including phenoxy) is 3. The van der Waals surface area contributed by atoms with Crippen LogP contribution in [0.5, 0.6) is 0 Å². The highest BCUT2D eigenvalue weighted by atomic mass is 32.2. The lowest BCUT2D eigenvalue weighted by molar-refractivity contribution is -0.0995. The van der Waals surface area contributed by atoms with Crippen LogP contribution in [0.25, 0.3) is 0 Å². The molecule has 3 saturated heterocycles. The first kappa shape index (κ1) is 23.1. The van der Waals surface area contributed by atoms with Crippen molar-refractivity contribution in [2.45, 2.75) is 55.5 Å². The molecule has 0 aliphatic carbocycles. The summed E-state index contributed by atoms with van der Waals surface area (Å²) in [6, 6.07) is 0. The number of aromatic nitrogens is 3. The van der Waals surface area contributed by atoms with Crippen molar-refractivity contribution in [3.63, 3.8) is 0 Å². The van der Waals surface area contributed by atoms with Gasteiger partial charge in [-0.15, -0.1) is 0 Å². The van der Waals surface area contributed by atoms with E-state index in [1.165, 1.54) is 0 Å². The van der Waals surface area contributed by atoms with Crippen LogP contribution >= 0.6 is 35.3 Å². The van der Waals surface area contributed by atoms with Crippen molar-refractivity contribution in [3.05, 3.63) is 0 Å². The van der Waals surface area contributed by atoms with Gasteiger partial charge in [-0.2, -0.15) is 15.0 Å². The molecule has 0 spiro atoms. The molecule has 0 bridgehead atoms. The van der Waals surface area contributed by atoms with Crippen LogP contribution in [0.4, 0.5) is 0 Å². The number of hydrogen-bond donors (Lipinski definition) is 0. The Morgan fingerprint density at radius 3 is 1.00 bits per heavy atom. The van der Waals surface area contributed by atoms with Gasteiger partial charge in [-0.1, -0.05) is 56.1 Å². The fraction of sp³-hybridized carbons (Fsp3) is 0.857. The number of thioether (sulfide) groups is 3. The second-order valence-electron chi connectivity index (χ2n) is 9.09. The molecular weight excluding hydrogens is 438 g/mol. The van der Waals surface area contributed by atoms with Gasteiger partial charge in [0, 0.05) is 33.5 Å². The highest BCUT2D eigenvalue weighted by Gasteiger charge is 2.39. The predicted molar refractivity (Wildman–Crippen MR) is 123 cm³/mol. The molecule has 0 saturated carbocycles. The van der Waals surface area contributed by atoms with Gasteiger partial charge in [0.05, 0.1) is 39.6 Å². The summed E-state index contributed by atoms with van der Waals surface area (Å²) < 4.78 is 16.4. The molecule has 0 N–H and O–H groups in total. The van der Waals surface area contributed by atoms with Crippen LogP contribution in [0.3, 0.4) is 0 Å². The summed E-state index contributed by atoms with van der Waals surface area (Å²) in [4.78, 5) is 14.4. The van der Waals surface area contributed by atoms with Crippen molar-refractivity contribution in [1.29, 1.82) is 0 Å². The van der Waals surface area contributed by atoms with E-state index in [4.69, 9.17) is 29.2 Å². The van der Waals surface area contributed by atoms with Crippen LogP contribution in [0.1, 0.15) is 40.0 Å². The third-order valence-electron chi connectivity index (χ3n) is 6.80. The largest absolute Gasteiger partial charge is 0.380 e. The molecule has 0 radical (unpaired) electrons. The molecule has 30 heavy (non-hydrogen) atoms. The Labute approximate surface area is 192 Å². The van der Waals surface area contributed by atoms with Crippen LogP contribution in [0.2, 0.25) is 0 Å².